The molecule has 0 bridgehead atoms. The number of amides is 1. The molecule has 0 saturated heterocycles. The topological polar surface area (TPSA) is 90.3 Å². The molecule has 0 saturated carbocycles. The molecule has 0 radical (unpaired) electrons. The molecule has 1 N–H and O–H groups in total. The van der Waals surface area contributed by atoms with Crippen molar-refractivity contribution < 1.29 is 27.5 Å². The highest BCUT2D eigenvalue weighted by Crippen LogP contribution is 2.35. The van der Waals surface area contributed by atoms with E-state index in [1.54, 1.807) is 67.6 Å². The summed E-state index contributed by atoms with van der Waals surface area (Å²) >= 11 is 0. The van der Waals surface area contributed by atoms with Gasteiger partial charge in [0, 0.05) is 11.1 Å². The zero-order valence-electron chi connectivity index (χ0n) is 20.2. The minimum Gasteiger partial charge on any atom is -0.462 e. The van der Waals surface area contributed by atoms with Gasteiger partial charge in [0.25, 0.3) is 5.56 Å². The number of carbonyl (C=O) groups is 2. The third-order valence-corrected chi connectivity index (χ3v) is 5.54. The zero-order valence-corrected chi connectivity index (χ0v) is 20.2. The fraction of sp³-hybridized carbons (Fsp3) is 0.143. The molecule has 0 aliphatic heterocycles. The van der Waals surface area contributed by atoms with Crippen LogP contribution in [0.25, 0.3) is 22.4 Å². The highest BCUT2D eigenvalue weighted by atomic mass is 19.4. The van der Waals surface area contributed by atoms with Gasteiger partial charge in [-0.2, -0.15) is 18.3 Å². The highest BCUT2D eigenvalue weighted by Gasteiger charge is 2.34. The number of carbonyl (C=O) groups excluding carboxylic acids is 2. The van der Waals surface area contributed by atoms with Crippen LogP contribution in [-0.2, 0) is 22.3 Å². The van der Waals surface area contributed by atoms with Gasteiger partial charge < -0.3 is 10.1 Å². The first-order valence-electron chi connectivity index (χ1n) is 11.6. The molecule has 3 aromatic carbocycles. The number of alkyl halides is 3. The van der Waals surface area contributed by atoms with E-state index in [9.17, 15) is 27.6 Å². The second kappa shape index (κ2) is 11.1. The lowest BCUT2D eigenvalue weighted by molar-refractivity contribution is -0.137. The molecule has 4 aromatic rings. The summed E-state index contributed by atoms with van der Waals surface area (Å²) in [4.78, 5) is 39.4. The Balaban J connectivity index is 1.86. The van der Waals surface area contributed by atoms with Crippen LogP contribution in [0.1, 0.15) is 22.8 Å². The molecule has 38 heavy (non-hydrogen) atoms. The van der Waals surface area contributed by atoms with E-state index in [1.807, 2.05) is 0 Å². The smallest absolute Gasteiger partial charge is 0.418 e. The number of esters is 1. The number of anilines is 1. The number of aromatic nitrogens is 2. The van der Waals surface area contributed by atoms with E-state index in [0.717, 1.165) is 16.8 Å². The maximum absolute atomic E-state index is 13.5. The van der Waals surface area contributed by atoms with Gasteiger partial charge in [-0.1, -0.05) is 72.8 Å². The van der Waals surface area contributed by atoms with Crippen molar-refractivity contribution in [3.8, 4) is 22.4 Å². The average molecular weight is 521 g/mol. The Morgan fingerprint density at radius 1 is 0.895 bits per heavy atom. The normalized spacial score (nSPS) is 11.2. The van der Waals surface area contributed by atoms with E-state index in [0.29, 0.717) is 11.1 Å². The number of nitrogens with zero attached hydrogens (tertiary/aromatic N) is 2. The second-order valence-electron chi connectivity index (χ2n) is 8.11. The van der Waals surface area contributed by atoms with Crippen molar-refractivity contribution in [3.05, 3.63) is 106 Å². The van der Waals surface area contributed by atoms with Crippen LogP contribution in [0.4, 0.5) is 18.9 Å². The lowest BCUT2D eigenvalue weighted by atomic mass is 9.95. The van der Waals surface area contributed by atoms with Crippen LogP contribution in [0, 0.1) is 0 Å². The molecule has 0 aliphatic rings. The molecule has 1 amide bonds. The van der Waals surface area contributed by atoms with Crippen LogP contribution < -0.4 is 10.9 Å². The van der Waals surface area contributed by atoms with E-state index >= 15 is 0 Å². The molecule has 194 valence electrons. The van der Waals surface area contributed by atoms with Crippen LogP contribution in [0.5, 0.6) is 0 Å². The maximum Gasteiger partial charge on any atom is 0.418 e. The number of nitrogens with one attached hydrogen (secondary N) is 1. The summed E-state index contributed by atoms with van der Waals surface area (Å²) in [5.74, 6) is -1.84. The lowest BCUT2D eigenvalue weighted by Crippen LogP contribution is -2.35. The Kier molecular flexibility index (Phi) is 7.71. The summed E-state index contributed by atoms with van der Waals surface area (Å²) in [7, 11) is 0. The number of benzene rings is 3. The van der Waals surface area contributed by atoms with Crippen molar-refractivity contribution in [1.82, 2.24) is 9.78 Å². The average Bonchev–Trinajstić information content (AvgIpc) is 2.90. The minimum absolute atomic E-state index is 0.00971. The van der Waals surface area contributed by atoms with Crippen LogP contribution in [-0.4, -0.2) is 28.3 Å². The molecular formula is C28H22F3N3O4. The molecule has 7 nitrogen and oxygen atoms in total. The number of hydrogen-bond acceptors (Lipinski definition) is 5. The Morgan fingerprint density at radius 3 is 2.08 bits per heavy atom. The van der Waals surface area contributed by atoms with Crippen molar-refractivity contribution in [2.24, 2.45) is 0 Å². The Labute approximate surface area is 215 Å². The third kappa shape index (κ3) is 5.64. The van der Waals surface area contributed by atoms with Gasteiger partial charge in [-0.05, 0) is 24.6 Å². The number of hydrogen-bond donors (Lipinski definition) is 1. The monoisotopic (exact) mass is 521 g/mol. The quantitative estimate of drug-likeness (QED) is 0.329. The van der Waals surface area contributed by atoms with E-state index in [-0.39, 0.29) is 23.4 Å². The maximum atomic E-state index is 13.5. The summed E-state index contributed by atoms with van der Waals surface area (Å²) in [5.41, 5.74) is -1.24. The Bertz CT molecular complexity index is 1520. The van der Waals surface area contributed by atoms with E-state index in [4.69, 9.17) is 4.74 Å². The zero-order chi connectivity index (χ0) is 27.3. The number of halogens is 3. The van der Waals surface area contributed by atoms with Crippen molar-refractivity contribution in [2.45, 2.75) is 19.6 Å². The van der Waals surface area contributed by atoms with Crippen LogP contribution in [0.3, 0.4) is 0 Å². The van der Waals surface area contributed by atoms with Gasteiger partial charge in [-0.15, -0.1) is 0 Å². The van der Waals surface area contributed by atoms with Crippen molar-refractivity contribution in [2.75, 3.05) is 11.9 Å². The van der Waals surface area contributed by atoms with Crippen LogP contribution in [0.15, 0.2) is 89.7 Å². The van der Waals surface area contributed by atoms with Gasteiger partial charge in [-0.3, -0.25) is 9.59 Å². The largest absolute Gasteiger partial charge is 0.462 e. The standard InChI is InChI=1S/C28H22F3N3O4/c1-2-38-27(37)24-23(18-11-5-3-6-12-18)25(19-13-7-4-8-14-19)33-34(26(24)36)17-22(35)32-21-16-10-9-15-20(21)28(29,30)31/h3-16H,2,17H2,1H3,(H,32,35). The first-order chi connectivity index (χ1) is 18.2. The van der Waals surface area contributed by atoms with Crippen LogP contribution >= 0.6 is 0 Å². The summed E-state index contributed by atoms with van der Waals surface area (Å²) in [5, 5.41) is 6.59. The fourth-order valence-electron chi connectivity index (χ4n) is 3.92. The molecule has 10 heteroatoms. The molecule has 0 atom stereocenters. The molecular weight excluding hydrogens is 499 g/mol. The fourth-order valence-corrected chi connectivity index (χ4v) is 3.92. The number of para-hydroxylation sites is 1. The second-order valence-corrected chi connectivity index (χ2v) is 8.11. The summed E-state index contributed by atoms with van der Waals surface area (Å²) in [6.45, 7) is 0.833. The van der Waals surface area contributed by atoms with Gasteiger partial charge in [0.05, 0.1) is 23.6 Å². The van der Waals surface area contributed by atoms with Gasteiger partial charge in [0.15, 0.2) is 0 Å². The van der Waals surface area contributed by atoms with Gasteiger partial charge in [0.2, 0.25) is 5.91 Å². The van der Waals surface area contributed by atoms with Crippen molar-refractivity contribution in [3.63, 3.8) is 0 Å². The Morgan fingerprint density at radius 2 is 1.47 bits per heavy atom. The van der Waals surface area contributed by atoms with Crippen LogP contribution in [0.2, 0.25) is 0 Å². The first-order valence-corrected chi connectivity index (χ1v) is 11.6. The highest BCUT2D eigenvalue weighted by molar-refractivity contribution is 6.01. The summed E-state index contributed by atoms with van der Waals surface area (Å²) < 4.78 is 46.1. The van der Waals surface area contributed by atoms with Gasteiger partial charge in [0.1, 0.15) is 12.1 Å². The molecule has 0 unspecified atom stereocenters. The molecule has 0 spiro atoms. The number of ether oxygens (including phenoxy) is 1. The molecule has 1 heterocycles. The Hall–Kier alpha value is -4.73. The molecule has 0 fully saturated rings. The predicted molar refractivity (Wildman–Crippen MR) is 135 cm³/mol. The SMILES string of the molecule is CCOC(=O)c1c(-c2ccccc2)c(-c2ccccc2)nn(CC(=O)Nc2ccccc2C(F)(F)F)c1=O. The van der Waals surface area contributed by atoms with E-state index < -0.39 is 41.4 Å². The molecule has 1 aromatic heterocycles. The predicted octanol–water partition coefficient (Wildman–Crippen LogP) is 5.41. The van der Waals surface area contributed by atoms with E-state index in [2.05, 4.69) is 10.4 Å². The van der Waals surface area contributed by atoms with Crippen molar-refractivity contribution in [1.29, 1.82) is 0 Å². The minimum atomic E-state index is -4.70. The van der Waals surface area contributed by atoms with Gasteiger partial charge in [-0.25, -0.2) is 9.48 Å². The third-order valence-electron chi connectivity index (χ3n) is 5.54. The first kappa shape index (κ1) is 26.3. The van der Waals surface area contributed by atoms with Gasteiger partial charge >= 0.3 is 12.1 Å². The summed E-state index contributed by atoms with van der Waals surface area (Å²) in [6, 6.07) is 21.8. The van der Waals surface area contributed by atoms with E-state index in [1.165, 1.54) is 12.1 Å². The summed E-state index contributed by atoms with van der Waals surface area (Å²) in [6.07, 6.45) is -4.70. The molecule has 0 aliphatic carbocycles. The molecule has 4 rings (SSSR count). The van der Waals surface area contributed by atoms with Crippen molar-refractivity contribution >= 4 is 17.6 Å². The lowest BCUT2D eigenvalue weighted by Gasteiger charge is -2.17. The number of rotatable bonds is 7.